The minimum absolute atomic E-state index is 0.248. The number of rotatable bonds is 3. The number of alkyl halides is 1. The van der Waals surface area contributed by atoms with E-state index in [4.69, 9.17) is 11.6 Å². The predicted octanol–water partition coefficient (Wildman–Crippen LogP) is 3.34. The molecule has 0 aromatic carbocycles. The second-order valence-electron chi connectivity index (χ2n) is 4.65. The van der Waals surface area contributed by atoms with Crippen molar-refractivity contribution in [3.05, 3.63) is 29.6 Å². The van der Waals surface area contributed by atoms with E-state index in [-0.39, 0.29) is 5.38 Å². The van der Waals surface area contributed by atoms with Crippen LogP contribution in [0.1, 0.15) is 31.0 Å². The molecule has 0 N–H and O–H groups in total. The minimum atomic E-state index is 0.248. The molecule has 1 heterocycles. The predicted molar refractivity (Wildman–Crippen MR) is 59.7 cm³/mol. The molecule has 1 aromatic rings. The van der Waals surface area contributed by atoms with Crippen molar-refractivity contribution in [2.45, 2.75) is 38.5 Å². The summed E-state index contributed by atoms with van der Waals surface area (Å²) in [6.45, 7) is 4.32. The fraction of sp³-hybridized carbons (Fsp3) is 0.583. The molecule has 1 aliphatic rings. The van der Waals surface area contributed by atoms with Crippen LogP contribution in [0.15, 0.2) is 18.3 Å². The molecule has 0 saturated heterocycles. The third-order valence-corrected chi connectivity index (χ3v) is 3.84. The highest BCUT2D eigenvalue weighted by Gasteiger charge is 2.43. The van der Waals surface area contributed by atoms with Crippen LogP contribution in [0.25, 0.3) is 0 Å². The van der Waals surface area contributed by atoms with Gasteiger partial charge in [-0.2, -0.15) is 0 Å². The van der Waals surface area contributed by atoms with Gasteiger partial charge in [0.15, 0.2) is 0 Å². The minimum Gasteiger partial charge on any atom is -0.261 e. The third-order valence-electron chi connectivity index (χ3n) is 3.16. The van der Waals surface area contributed by atoms with E-state index >= 15 is 0 Å². The monoisotopic (exact) mass is 209 g/mol. The quantitative estimate of drug-likeness (QED) is 0.696. The Hall–Kier alpha value is -0.560. The number of aromatic nitrogens is 1. The molecule has 1 atom stereocenters. The number of hydrogen-bond acceptors (Lipinski definition) is 1. The van der Waals surface area contributed by atoms with Gasteiger partial charge in [-0.05, 0) is 36.8 Å². The molecule has 0 amide bonds. The normalized spacial score (nSPS) is 20.5. The Balaban J connectivity index is 2.00. The number of nitrogens with zero attached hydrogens (tertiary/aromatic N) is 1. The molecule has 1 saturated carbocycles. The largest absolute Gasteiger partial charge is 0.261 e. The highest BCUT2D eigenvalue weighted by molar-refractivity contribution is 6.21. The summed E-state index contributed by atoms with van der Waals surface area (Å²) in [5.74, 6) is 0. The van der Waals surface area contributed by atoms with E-state index in [0.717, 1.165) is 12.1 Å². The van der Waals surface area contributed by atoms with E-state index in [0.29, 0.717) is 5.41 Å². The van der Waals surface area contributed by atoms with E-state index in [9.17, 15) is 0 Å². The zero-order valence-corrected chi connectivity index (χ0v) is 9.51. The maximum Gasteiger partial charge on any atom is 0.0445 e. The standard InChI is InChI=1S/C12H16ClN/c1-9-3-4-10(14-8-9)7-11(13)12(2)5-6-12/h3-4,8,11H,5-7H2,1-2H3. The fourth-order valence-corrected chi connectivity index (χ4v) is 1.94. The summed E-state index contributed by atoms with van der Waals surface area (Å²) in [6, 6.07) is 4.18. The first-order chi connectivity index (χ1) is 6.60. The van der Waals surface area contributed by atoms with Gasteiger partial charge < -0.3 is 0 Å². The van der Waals surface area contributed by atoms with Crippen molar-refractivity contribution in [2.24, 2.45) is 5.41 Å². The van der Waals surface area contributed by atoms with Crippen LogP contribution in [-0.4, -0.2) is 10.4 Å². The molecule has 2 rings (SSSR count). The second kappa shape index (κ2) is 3.54. The zero-order chi connectivity index (χ0) is 10.2. The number of aryl methyl sites for hydroxylation is 1. The highest BCUT2D eigenvalue weighted by Crippen LogP contribution is 2.51. The molecular formula is C12H16ClN. The molecule has 14 heavy (non-hydrogen) atoms. The summed E-state index contributed by atoms with van der Waals surface area (Å²) in [5.41, 5.74) is 2.70. The first kappa shape index (κ1) is 9.97. The van der Waals surface area contributed by atoms with E-state index < -0.39 is 0 Å². The van der Waals surface area contributed by atoms with Crippen LogP contribution in [-0.2, 0) is 6.42 Å². The topological polar surface area (TPSA) is 12.9 Å². The molecule has 0 aliphatic heterocycles. The van der Waals surface area contributed by atoms with Crippen molar-refractivity contribution < 1.29 is 0 Å². The Kier molecular flexibility index (Phi) is 2.52. The van der Waals surface area contributed by atoms with Crippen LogP contribution in [0.3, 0.4) is 0 Å². The maximum absolute atomic E-state index is 6.35. The van der Waals surface area contributed by atoms with Crippen LogP contribution in [0, 0.1) is 12.3 Å². The molecular weight excluding hydrogens is 194 g/mol. The average molecular weight is 210 g/mol. The van der Waals surface area contributed by atoms with Gasteiger partial charge in [0.2, 0.25) is 0 Å². The highest BCUT2D eigenvalue weighted by atomic mass is 35.5. The molecule has 1 fully saturated rings. The lowest BCUT2D eigenvalue weighted by molar-refractivity contribution is 0.524. The summed E-state index contributed by atoms with van der Waals surface area (Å²) in [7, 11) is 0. The van der Waals surface area contributed by atoms with Crippen molar-refractivity contribution in [2.75, 3.05) is 0 Å². The Bertz CT molecular complexity index is 314. The average Bonchev–Trinajstić information content (AvgIpc) is 2.89. The summed E-state index contributed by atoms with van der Waals surface area (Å²) in [5, 5.41) is 0.248. The molecule has 0 spiro atoms. The van der Waals surface area contributed by atoms with Gasteiger partial charge in [0.1, 0.15) is 0 Å². The van der Waals surface area contributed by atoms with Crippen LogP contribution in [0.2, 0.25) is 0 Å². The molecule has 0 bridgehead atoms. The molecule has 1 nitrogen and oxygen atoms in total. The summed E-state index contributed by atoms with van der Waals surface area (Å²) < 4.78 is 0. The second-order valence-corrected chi connectivity index (χ2v) is 5.18. The van der Waals surface area contributed by atoms with Gasteiger partial charge in [-0.3, -0.25) is 4.98 Å². The summed E-state index contributed by atoms with van der Waals surface area (Å²) in [6.07, 6.45) is 5.35. The molecule has 1 aliphatic carbocycles. The van der Waals surface area contributed by atoms with Crippen LogP contribution < -0.4 is 0 Å². The van der Waals surface area contributed by atoms with Crippen molar-refractivity contribution in [1.29, 1.82) is 0 Å². The number of halogens is 1. The smallest absolute Gasteiger partial charge is 0.0445 e. The van der Waals surface area contributed by atoms with E-state index in [1.54, 1.807) is 0 Å². The van der Waals surface area contributed by atoms with Crippen LogP contribution in [0.4, 0.5) is 0 Å². The molecule has 1 unspecified atom stereocenters. The summed E-state index contributed by atoms with van der Waals surface area (Å²) >= 11 is 6.35. The van der Waals surface area contributed by atoms with Gasteiger partial charge in [-0.25, -0.2) is 0 Å². The molecule has 0 radical (unpaired) electrons. The van der Waals surface area contributed by atoms with E-state index in [2.05, 4.69) is 31.0 Å². The molecule has 76 valence electrons. The lowest BCUT2D eigenvalue weighted by atomic mass is 10.0. The van der Waals surface area contributed by atoms with Crippen molar-refractivity contribution in [3.8, 4) is 0 Å². The van der Waals surface area contributed by atoms with Crippen molar-refractivity contribution in [1.82, 2.24) is 4.98 Å². The SMILES string of the molecule is Cc1ccc(CC(Cl)C2(C)CC2)nc1. The lowest BCUT2D eigenvalue weighted by Gasteiger charge is -2.15. The van der Waals surface area contributed by atoms with Gasteiger partial charge in [-0.1, -0.05) is 13.0 Å². The molecule has 2 heteroatoms. The van der Waals surface area contributed by atoms with Gasteiger partial charge in [0.25, 0.3) is 0 Å². The fourth-order valence-electron chi connectivity index (χ4n) is 1.56. The van der Waals surface area contributed by atoms with Gasteiger partial charge >= 0.3 is 0 Å². The lowest BCUT2D eigenvalue weighted by Crippen LogP contribution is -2.15. The van der Waals surface area contributed by atoms with Gasteiger partial charge in [0.05, 0.1) is 0 Å². The Morgan fingerprint density at radius 1 is 1.50 bits per heavy atom. The first-order valence-electron chi connectivity index (χ1n) is 5.16. The summed E-state index contributed by atoms with van der Waals surface area (Å²) in [4.78, 5) is 4.38. The first-order valence-corrected chi connectivity index (χ1v) is 5.59. The Labute approximate surface area is 90.5 Å². The molecule has 1 aromatic heterocycles. The Morgan fingerprint density at radius 3 is 2.71 bits per heavy atom. The zero-order valence-electron chi connectivity index (χ0n) is 8.76. The maximum atomic E-state index is 6.35. The third kappa shape index (κ3) is 2.09. The van der Waals surface area contributed by atoms with Crippen LogP contribution >= 0.6 is 11.6 Å². The van der Waals surface area contributed by atoms with E-state index in [1.807, 2.05) is 6.20 Å². The number of pyridine rings is 1. The van der Waals surface area contributed by atoms with Crippen molar-refractivity contribution >= 4 is 11.6 Å². The number of hydrogen-bond donors (Lipinski definition) is 0. The van der Waals surface area contributed by atoms with Crippen LogP contribution in [0.5, 0.6) is 0 Å². The van der Waals surface area contributed by atoms with Gasteiger partial charge in [0, 0.05) is 23.7 Å². The van der Waals surface area contributed by atoms with Gasteiger partial charge in [-0.15, -0.1) is 11.6 Å². The van der Waals surface area contributed by atoms with E-state index in [1.165, 1.54) is 18.4 Å². The Morgan fingerprint density at radius 2 is 2.21 bits per heavy atom. The van der Waals surface area contributed by atoms with Crippen molar-refractivity contribution in [3.63, 3.8) is 0 Å².